The summed E-state index contributed by atoms with van der Waals surface area (Å²) in [6.45, 7) is 3.52. The summed E-state index contributed by atoms with van der Waals surface area (Å²) in [6, 6.07) is 5.21. The maximum Gasteiger partial charge on any atom is 0.306 e. The molecular formula is C19H25FN2O4. The highest BCUT2D eigenvalue weighted by atomic mass is 19.1. The zero-order valence-corrected chi connectivity index (χ0v) is 15.1. The molecule has 2 unspecified atom stereocenters. The molecule has 142 valence electrons. The van der Waals surface area contributed by atoms with Crippen LogP contribution in [0, 0.1) is 17.7 Å². The van der Waals surface area contributed by atoms with Crippen molar-refractivity contribution in [1.29, 1.82) is 0 Å². The van der Waals surface area contributed by atoms with Crippen molar-refractivity contribution in [1.82, 2.24) is 4.90 Å². The Morgan fingerprint density at radius 2 is 1.81 bits per heavy atom. The van der Waals surface area contributed by atoms with Crippen LogP contribution < -0.4 is 5.32 Å². The van der Waals surface area contributed by atoms with Crippen molar-refractivity contribution < 1.29 is 23.9 Å². The fraction of sp³-hybridized carbons (Fsp3) is 0.526. The second-order valence-electron chi connectivity index (χ2n) is 7.01. The molecule has 0 aliphatic heterocycles. The Labute approximate surface area is 152 Å². The third-order valence-corrected chi connectivity index (χ3v) is 4.72. The number of anilines is 1. The number of hydrogen-bond donors (Lipinski definition) is 2. The number of carboxylic acid groups (broad SMARTS) is 1. The molecule has 2 amide bonds. The molecule has 2 rings (SSSR count). The van der Waals surface area contributed by atoms with Gasteiger partial charge in [-0.05, 0) is 57.4 Å². The molecule has 1 aliphatic rings. The van der Waals surface area contributed by atoms with Gasteiger partial charge in [0, 0.05) is 17.6 Å². The maximum absolute atomic E-state index is 12.9. The van der Waals surface area contributed by atoms with Gasteiger partial charge in [-0.1, -0.05) is 6.42 Å². The van der Waals surface area contributed by atoms with Crippen LogP contribution in [-0.2, 0) is 14.4 Å². The van der Waals surface area contributed by atoms with E-state index >= 15 is 0 Å². The molecule has 0 radical (unpaired) electrons. The van der Waals surface area contributed by atoms with Gasteiger partial charge < -0.3 is 15.3 Å². The molecule has 2 atom stereocenters. The lowest BCUT2D eigenvalue weighted by atomic mass is 9.80. The Balaban J connectivity index is 2.00. The van der Waals surface area contributed by atoms with Gasteiger partial charge in [0.15, 0.2) is 0 Å². The summed E-state index contributed by atoms with van der Waals surface area (Å²) in [5, 5.41) is 11.8. The van der Waals surface area contributed by atoms with E-state index in [4.69, 9.17) is 0 Å². The summed E-state index contributed by atoms with van der Waals surface area (Å²) in [7, 11) is 0. The summed E-state index contributed by atoms with van der Waals surface area (Å²) < 4.78 is 12.9. The summed E-state index contributed by atoms with van der Waals surface area (Å²) in [4.78, 5) is 37.8. The molecule has 1 aromatic carbocycles. The van der Waals surface area contributed by atoms with Crippen molar-refractivity contribution in [3.05, 3.63) is 30.1 Å². The lowest BCUT2D eigenvalue weighted by Crippen LogP contribution is -2.46. The van der Waals surface area contributed by atoms with E-state index in [-0.39, 0.29) is 30.3 Å². The fourth-order valence-electron chi connectivity index (χ4n) is 3.28. The smallest absolute Gasteiger partial charge is 0.306 e. The number of benzene rings is 1. The van der Waals surface area contributed by atoms with E-state index in [1.807, 2.05) is 13.8 Å². The number of carbonyl (C=O) groups is 3. The van der Waals surface area contributed by atoms with E-state index in [2.05, 4.69) is 5.32 Å². The first-order valence-corrected chi connectivity index (χ1v) is 8.86. The van der Waals surface area contributed by atoms with E-state index in [0.29, 0.717) is 31.4 Å². The van der Waals surface area contributed by atoms with Gasteiger partial charge in [-0.2, -0.15) is 0 Å². The Hall–Kier alpha value is -2.44. The van der Waals surface area contributed by atoms with Crippen LogP contribution in [0.2, 0.25) is 0 Å². The molecule has 7 heteroatoms. The van der Waals surface area contributed by atoms with Crippen LogP contribution in [0.4, 0.5) is 10.1 Å². The Morgan fingerprint density at radius 3 is 2.38 bits per heavy atom. The van der Waals surface area contributed by atoms with Crippen LogP contribution in [0.3, 0.4) is 0 Å². The van der Waals surface area contributed by atoms with Gasteiger partial charge in [0.2, 0.25) is 11.8 Å². The van der Waals surface area contributed by atoms with Crippen molar-refractivity contribution in [3.8, 4) is 0 Å². The molecule has 1 aromatic rings. The predicted octanol–water partition coefficient (Wildman–Crippen LogP) is 2.89. The Kier molecular flexibility index (Phi) is 6.71. The average Bonchev–Trinajstić information content (AvgIpc) is 2.61. The molecule has 1 saturated carbocycles. The molecule has 0 bridgehead atoms. The largest absolute Gasteiger partial charge is 0.481 e. The number of aliphatic carboxylic acids is 1. The van der Waals surface area contributed by atoms with E-state index in [9.17, 15) is 23.9 Å². The van der Waals surface area contributed by atoms with Crippen LogP contribution >= 0.6 is 0 Å². The average molecular weight is 364 g/mol. The Bertz CT molecular complexity index is 660. The minimum Gasteiger partial charge on any atom is -0.481 e. The van der Waals surface area contributed by atoms with Crippen LogP contribution in [0.25, 0.3) is 0 Å². The highest BCUT2D eigenvalue weighted by Crippen LogP contribution is 2.31. The quantitative estimate of drug-likeness (QED) is 0.813. The summed E-state index contributed by atoms with van der Waals surface area (Å²) in [5.41, 5.74) is 0.455. The van der Waals surface area contributed by atoms with Crippen molar-refractivity contribution in [2.24, 2.45) is 11.8 Å². The van der Waals surface area contributed by atoms with E-state index < -0.39 is 17.7 Å². The van der Waals surface area contributed by atoms with E-state index in [1.165, 1.54) is 29.2 Å². The Morgan fingerprint density at radius 1 is 1.19 bits per heavy atom. The van der Waals surface area contributed by atoms with Gasteiger partial charge in [0.05, 0.1) is 5.92 Å². The van der Waals surface area contributed by atoms with Crippen LogP contribution in [0.1, 0.15) is 39.5 Å². The lowest BCUT2D eigenvalue weighted by molar-refractivity contribution is -0.147. The van der Waals surface area contributed by atoms with Crippen LogP contribution in [-0.4, -0.2) is 40.4 Å². The van der Waals surface area contributed by atoms with Gasteiger partial charge in [0.1, 0.15) is 12.4 Å². The van der Waals surface area contributed by atoms with Gasteiger partial charge in [-0.15, -0.1) is 0 Å². The number of halogens is 1. The first kappa shape index (κ1) is 19.9. The number of rotatable bonds is 6. The van der Waals surface area contributed by atoms with Gasteiger partial charge in [-0.25, -0.2) is 4.39 Å². The molecule has 1 fully saturated rings. The first-order valence-electron chi connectivity index (χ1n) is 8.86. The van der Waals surface area contributed by atoms with Crippen molar-refractivity contribution >= 4 is 23.5 Å². The zero-order valence-electron chi connectivity index (χ0n) is 15.1. The molecule has 6 nitrogen and oxygen atoms in total. The second-order valence-corrected chi connectivity index (χ2v) is 7.01. The molecule has 0 heterocycles. The minimum absolute atomic E-state index is 0.123. The molecule has 0 aromatic heterocycles. The molecule has 1 aliphatic carbocycles. The van der Waals surface area contributed by atoms with Gasteiger partial charge >= 0.3 is 5.97 Å². The van der Waals surface area contributed by atoms with Crippen molar-refractivity contribution in [3.63, 3.8) is 0 Å². The standard InChI is InChI=1S/C19H25FN2O4/c1-12(2)22(11-17(23)21-16-8-6-15(20)7-9-16)18(24)13-4-3-5-14(10-13)19(25)26/h6-9,12-14H,3-5,10-11H2,1-2H3,(H,21,23)(H,25,26). The maximum atomic E-state index is 12.9. The molecular weight excluding hydrogens is 339 g/mol. The van der Waals surface area contributed by atoms with Crippen LogP contribution in [0.5, 0.6) is 0 Å². The minimum atomic E-state index is -0.868. The summed E-state index contributed by atoms with van der Waals surface area (Å²) in [5.74, 6) is -2.69. The summed E-state index contributed by atoms with van der Waals surface area (Å²) >= 11 is 0. The molecule has 0 saturated heterocycles. The van der Waals surface area contributed by atoms with Gasteiger partial charge in [-0.3, -0.25) is 14.4 Å². The molecule has 0 spiro atoms. The van der Waals surface area contributed by atoms with E-state index in [1.54, 1.807) is 0 Å². The number of amides is 2. The number of hydrogen-bond acceptors (Lipinski definition) is 3. The number of carbonyl (C=O) groups excluding carboxylic acids is 2. The van der Waals surface area contributed by atoms with E-state index in [0.717, 1.165) is 0 Å². The zero-order chi connectivity index (χ0) is 19.3. The third kappa shape index (κ3) is 5.28. The monoisotopic (exact) mass is 364 g/mol. The SMILES string of the molecule is CC(C)N(CC(=O)Nc1ccc(F)cc1)C(=O)C1CCCC(C(=O)O)C1. The normalized spacial score (nSPS) is 19.8. The lowest BCUT2D eigenvalue weighted by Gasteiger charge is -2.33. The fourth-order valence-corrected chi connectivity index (χ4v) is 3.28. The predicted molar refractivity (Wildman–Crippen MR) is 95.0 cm³/mol. The van der Waals surface area contributed by atoms with Crippen LogP contribution in [0.15, 0.2) is 24.3 Å². The molecule has 26 heavy (non-hydrogen) atoms. The van der Waals surface area contributed by atoms with Gasteiger partial charge in [0.25, 0.3) is 0 Å². The highest BCUT2D eigenvalue weighted by molar-refractivity contribution is 5.95. The van der Waals surface area contributed by atoms with Crippen molar-refractivity contribution in [2.75, 3.05) is 11.9 Å². The second kappa shape index (κ2) is 8.78. The first-order chi connectivity index (χ1) is 12.3. The number of nitrogens with zero attached hydrogens (tertiary/aromatic N) is 1. The molecule has 2 N–H and O–H groups in total. The summed E-state index contributed by atoms with van der Waals surface area (Å²) in [6.07, 6.45) is 2.25. The topological polar surface area (TPSA) is 86.7 Å². The number of nitrogens with one attached hydrogen (secondary N) is 1. The third-order valence-electron chi connectivity index (χ3n) is 4.72. The van der Waals surface area contributed by atoms with Crippen molar-refractivity contribution in [2.45, 2.75) is 45.6 Å². The number of carboxylic acids is 1. The highest BCUT2D eigenvalue weighted by Gasteiger charge is 2.34.